The number of carbonyl (C=O) groups is 15. The van der Waals surface area contributed by atoms with Gasteiger partial charge in [0.25, 0.3) is 0 Å². The Hall–Kier alpha value is -8.06. The van der Waals surface area contributed by atoms with Crippen molar-refractivity contribution in [1.82, 2.24) is 41.9 Å². The van der Waals surface area contributed by atoms with Gasteiger partial charge in [0, 0.05) is 137 Å². The zero-order chi connectivity index (χ0) is 90.9. The van der Waals surface area contributed by atoms with Crippen LogP contribution >= 0.6 is 0 Å². The number of ketones is 5. The maximum absolute atomic E-state index is 13.8. The lowest BCUT2D eigenvalue weighted by Gasteiger charge is -2.19. The lowest BCUT2D eigenvalue weighted by Crippen LogP contribution is -2.41. The Kier molecular flexibility index (Phi) is 74.2. The van der Waals surface area contributed by atoms with E-state index in [0.717, 1.165) is 147 Å². The van der Waals surface area contributed by atoms with Crippen LogP contribution in [0.15, 0.2) is 12.5 Å². The monoisotopic (exact) mass is 1770 g/mol. The van der Waals surface area contributed by atoms with Crippen molar-refractivity contribution >= 4 is 88.2 Å². The number of carboxylic acids is 4. The van der Waals surface area contributed by atoms with E-state index in [1.807, 2.05) is 0 Å². The zero-order valence-corrected chi connectivity index (χ0v) is 74.3. The number of hydrogen-bond acceptors (Lipinski definition) is 24. The quantitative estimate of drug-likeness (QED) is 0.0270. The molecule has 4 atom stereocenters. The summed E-state index contributed by atoms with van der Waals surface area (Å²) < 4.78 is 43.6. The van der Waals surface area contributed by atoms with Gasteiger partial charge in [-0.2, -0.15) is 0 Å². The first-order chi connectivity index (χ1) is 59.9. The predicted molar refractivity (Wildman–Crippen MR) is 465 cm³/mol. The number of aromatic amines is 1. The molecule has 11 N–H and O–H groups in total. The number of ether oxygens (including phenoxy) is 8. The average Bonchev–Trinajstić information content (AvgIpc) is 1.37. The minimum Gasteiger partial charge on any atom is -0.481 e. The van der Waals surface area contributed by atoms with Gasteiger partial charge < -0.3 is 95.2 Å². The number of rotatable bonds is 93. The summed E-state index contributed by atoms with van der Waals surface area (Å²) in [5.41, 5.74) is 0.792. The third-order valence-corrected chi connectivity index (χ3v) is 20.6. The number of aliphatic carboxylic acids is 4. The zero-order valence-electron chi connectivity index (χ0n) is 74.3. The van der Waals surface area contributed by atoms with Gasteiger partial charge in [-0.05, 0) is 90.4 Å². The average molecular weight is 1770 g/mol. The highest BCUT2D eigenvalue weighted by molar-refractivity contribution is 5.91. The van der Waals surface area contributed by atoms with Gasteiger partial charge in [0.05, 0.1) is 72.4 Å². The summed E-state index contributed by atoms with van der Waals surface area (Å²) in [6.45, 7) is 4.00. The second kappa shape index (κ2) is 80.7. The van der Waals surface area contributed by atoms with Crippen molar-refractivity contribution < 1.29 is 133 Å². The summed E-state index contributed by atoms with van der Waals surface area (Å²) >= 11 is 0. The van der Waals surface area contributed by atoms with Gasteiger partial charge in [-0.25, -0.2) is 14.6 Å². The number of aryl methyl sites for hydroxylation is 1. The third kappa shape index (κ3) is 74.2. The van der Waals surface area contributed by atoms with E-state index in [2.05, 4.69) is 41.9 Å². The first kappa shape index (κ1) is 114. The van der Waals surface area contributed by atoms with Gasteiger partial charge in [-0.1, -0.05) is 141 Å². The van der Waals surface area contributed by atoms with Crippen molar-refractivity contribution in [3.8, 4) is 0 Å². The molecule has 0 bridgehead atoms. The van der Waals surface area contributed by atoms with E-state index < -0.39 is 47.8 Å². The highest BCUT2D eigenvalue weighted by Crippen LogP contribution is 2.24. The molecule has 124 heavy (non-hydrogen) atoms. The molecule has 1 aromatic rings. The summed E-state index contributed by atoms with van der Waals surface area (Å²) in [6, 6.07) is -2.32. The largest absolute Gasteiger partial charge is 0.481 e. The first-order valence-electron chi connectivity index (χ1n) is 45.7. The number of carboxylic acid groups (broad SMARTS) is 4. The molecule has 35 heteroatoms. The van der Waals surface area contributed by atoms with Crippen LogP contribution in [0.4, 0.5) is 0 Å². The number of Topliss-reactive ketones (excluding diaryl/α,β-unsaturated/α-hetero) is 5. The number of carbonyl (C=O) groups excluding carboxylic acids is 11. The van der Waals surface area contributed by atoms with Crippen molar-refractivity contribution in [2.24, 2.45) is 11.8 Å². The molecule has 1 heterocycles. The molecule has 0 unspecified atom stereocenters. The van der Waals surface area contributed by atoms with Crippen LogP contribution in [-0.4, -0.2) is 263 Å². The van der Waals surface area contributed by atoms with Crippen molar-refractivity contribution in [3.05, 3.63) is 18.2 Å². The number of nitrogens with zero attached hydrogens (tertiary/aromatic N) is 1. The SMILES string of the molecule is CC(=O)[C@H](CCCCNC(=O)COCCOCCNC(=O)COCCOCCCC(=O)CC[C@H](NC(=O)CCCCCCCCCCCCCCC(=O)O)C(=O)O)CC(=O)[C@H](CCCCNC(=O)COCCOCCCC(=O)COCCOCCNC(=O)CC[C@H](NC(=O)CCCCCCCCCCCCCCC(=O)O)C(=O)O)CC(=O)CCc1cnc[nH]1.[HH].[HH]. The topological polar surface area (TPSA) is 512 Å². The van der Waals surface area contributed by atoms with Crippen LogP contribution in [0.5, 0.6) is 0 Å². The van der Waals surface area contributed by atoms with E-state index in [1.54, 1.807) is 6.20 Å². The van der Waals surface area contributed by atoms with Crippen molar-refractivity contribution in [2.45, 2.75) is 314 Å². The normalized spacial score (nSPS) is 12.2. The van der Waals surface area contributed by atoms with Gasteiger partial charge >= 0.3 is 23.9 Å². The Balaban J connectivity index is 0. The van der Waals surface area contributed by atoms with E-state index >= 15 is 0 Å². The van der Waals surface area contributed by atoms with Gasteiger partial charge in [-0.3, -0.25) is 62.3 Å². The van der Waals surface area contributed by atoms with Crippen molar-refractivity contribution in [1.29, 1.82) is 0 Å². The number of H-pyrrole nitrogens is 1. The second-order valence-corrected chi connectivity index (χ2v) is 31.6. The van der Waals surface area contributed by atoms with Gasteiger partial charge in [-0.15, -0.1) is 0 Å². The number of unbranched alkanes of at least 4 members (excludes halogenated alkanes) is 24. The van der Waals surface area contributed by atoms with Crippen LogP contribution in [0, 0.1) is 11.8 Å². The summed E-state index contributed by atoms with van der Waals surface area (Å²) in [6.07, 6.45) is 33.0. The Morgan fingerprint density at radius 2 is 0.685 bits per heavy atom. The number of imidazole rings is 1. The Labute approximate surface area is 736 Å². The Morgan fingerprint density at radius 3 is 1.09 bits per heavy atom. The molecule has 0 aliphatic rings. The van der Waals surface area contributed by atoms with Crippen LogP contribution in [0.2, 0.25) is 0 Å². The highest BCUT2D eigenvalue weighted by atomic mass is 16.5. The van der Waals surface area contributed by atoms with Crippen LogP contribution < -0.4 is 31.9 Å². The fourth-order valence-corrected chi connectivity index (χ4v) is 13.3. The molecule has 1 rings (SSSR count). The van der Waals surface area contributed by atoms with E-state index in [-0.39, 0.29) is 263 Å². The van der Waals surface area contributed by atoms with Crippen LogP contribution in [0.3, 0.4) is 0 Å². The molecular formula is C89H156N8O27. The summed E-state index contributed by atoms with van der Waals surface area (Å²) in [5, 5.41) is 52.6. The van der Waals surface area contributed by atoms with E-state index in [0.29, 0.717) is 90.3 Å². The maximum Gasteiger partial charge on any atom is 0.326 e. The predicted octanol–water partition coefficient (Wildman–Crippen LogP) is 10.0. The summed E-state index contributed by atoms with van der Waals surface area (Å²) in [5.74, 6) is -7.85. The molecule has 0 radical (unpaired) electrons. The molecule has 0 aliphatic carbocycles. The minimum atomic E-state index is -1.21. The van der Waals surface area contributed by atoms with Crippen molar-refractivity contribution in [3.63, 3.8) is 0 Å². The van der Waals surface area contributed by atoms with Crippen LogP contribution in [0.25, 0.3) is 0 Å². The van der Waals surface area contributed by atoms with E-state index in [1.165, 1.54) is 13.3 Å². The van der Waals surface area contributed by atoms with Crippen LogP contribution in [0.1, 0.15) is 304 Å². The highest BCUT2D eigenvalue weighted by Gasteiger charge is 2.28. The molecule has 0 aliphatic heterocycles. The fourth-order valence-electron chi connectivity index (χ4n) is 13.3. The summed E-state index contributed by atoms with van der Waals surface area (Å²) in [7, 11) is 0. The van der Waals surface area contributed by atoms with Gasteiger partial charge in [0.2, 0.25) is 35.4 Å². The molecule has 1 aromatic heterocycles. The summed E-state index contributed by atoms with van der Waals surface area (Å²) in [4.78, 5) is 191. The lowest BCUT2D eigenvalue weighted by molar-refractivity contribution is -0.142. The number of nitrogens with one attached hydrogen (secondary N) is 7. The number of amides is 6. The molecular weight excluding hydrogens is 1610 g/mol. The second-order valence-electron chi connectivity index (χ2n) is 31.6. The first-order valence-corrected chi connectivity index (χ1v) is 45.7. The smallest absolute Gasteiger partial charge is 0.326 e. The maximum atomic E-state index is 13.8. The molecule has 714 valence electrons. The molecule has 0 spiro atoms. The molecule has 0 fully saturated rings. The van der Waals surface area contributed by atoms with E-state index in [4.69, 9.17) is 48.1 Å². The van der Waals surface area contributed by atoms with E-state index in [9.17, 15) is 82.1 Å². The number of hydrogen-bond donors (Lipinski definition) is 11. The van der Waals surface area contributed by atoms with Gasteiger partial charge in [0.15, 0.2) is 5.78 Å². The third-order valence-electron chi connectivity index (χ3n) is 20.6. The minimum absolute atomic E-state index is 0. The molecule has 0 saturated carbocycles. The fraction of sp³-hybridized carbons (Fsp3) is 0.798. The van der Waals surface area contributed by atoms with Crippen LogP contribution in [-0.2, 0) is 116 Å². The molecule has 0 aromatic carbocycles. The Bertz CT molecular complexity index is 3090. The van der Waals surface area contributed by atoms with Crippen molar-refractivity contribution in [2.75, 3.05) is 132 Å². The molecule has 35 nitrogen and oxygen atoms in total. The lowest BCUT2D eigenvalue weighted by atomic mass is 9.84. The standard InChI is InChI=1S/C89H152N8O27.2H2/c1-70(98)71(32-26-28-46-91-84(107)67-124-61-57-120-53-49-94-85(108)68-123-60-54-117-50-30-34-74(99)42-43-77(88(113)114)96-81(104)36-22-18-14-10-6-2-4-8-12-16-20-24-38-86(109)110)63-79(102)72(62-75(100)41-40-73-64-90-69-95-73)33-27-29-47-92-83(106)66-122-59-55-118-51-31-35-76(101)65-121-58-56-119-52-48-93-80(103)45-44-78(89(115)116)97-82(105)37-23-19-15-11-7-3-5-9-13-17-21-25-39-87(111)112;;/h64,69,71-72,77-78H,2-63,65-68H2,1H3,(H,90,95)(H,91,107)(H,92,106)(H,93,103)(H,94,108)(H,96,104)(H,97,105)(H,109,110)(H,111,112)(H,113,114)(H,115,116);2*1H/t71-,72-,77+,78+;;/m1../s1. The molecule has 6 amide bonds. The Morgan fingerprint density at radius 1 is 0.323 bits per heavy atom. The van der Waals surface area contributed by atoms with Gasteiger partial charge in [0.1, 0.15) is 61.6 Å². The molecule has 0 saturated heterocycles. The number of aromatic nitrogens is 2.